The molecular weight excluding hydrogens is 112 g/mol. The van der Waals surface area contributed by atoms with Crippen molar-refractivity contribution in [2.75, 3.05) is 6.61 Å². The fourth-order valence-electron chi connectivity index (χ4n) is 1.41. The molecule has 0 saturated heterocycles. The smallest absolute Gasteiger partial charge is 0.0490 e. The highest BCUT2D eigenvalue weighted by molar-refractivity contribution is 4.92. The van der Waals surface area contributed by atoms with Crippen molar-refractivity contribution < 1.29 is 5.11 Å². The fraction of sp³-hybridized carbons (Fsp3) is 0.750. The Morgan fingerprint density at radius 2 is 2.22 bits per heavy atom. The number of allylic oxidation sites excluding steroid dienone is 1. The summed E-state index contributed by atoms with van der Waals surface area (Å²) in [5, 5.41) is 8.92. The molecule has 1 nitrogen and oxygen atoms in total. The molecule has 1 aliphatic rings. The van der Waals surface area contributed by atoms with Crippen LogP contribution in [0.1, 0.15) is 25.7 Å². The van der Waals surface area contributed by atoms with Crippen molar-refractivity contribution >= 4 is 0 Å². The van der Waals surface area contributed by atoms with E-state index in [1.807, 2.05) is 6.08 Å². The zero-order chi connectivity index (χ0) is 6.74. The van der Waals surface area contributed by atoms with Crippen LogP contribution in [0.5, 0.6) is 0 Å². The summed E-state index contributed by atoms with van der Waals surface area (Å²) in [5.41, 5.74) is 0.252. The van der Waals surface area contributed by atoms with Gasteiger partial charge in [-0.2, -0.15) is 0 Å². The number of aliphatic hydroxyl groups excluding tert-OH is 1. The maximum atomic E-state index is 8.92. The van der Waals surface area contributed by atoms with E-state index in [1.54, 1.807) is 0 Å². The van der Waals surface area contributed by atoms with Crippen LogP contribution in [0.3, 0.4) is 0 Å². The van der Waals surface area contributed by atoms with Crippen LogP contribution in [0.2, 0.25) is 0 Å². The molecular formula is C8H14O. The van der Waals surface area contributed by atoms with Gasteiger partial charge in [-0.1, -0.05) is 12.5 Å². The van der Waals surface area contributed by atoms with E-state index < -0.39 is 0 Å². The number of rotatable bonds is 3. The first kappa shape index (κ1) is 6.81. The third-order valence-corrected chi connectivity index (χ3v) is 2.33. The summed E-state index contributed by atoms with van der Waals surface area (Å²) in [7, 11) is 0. The molecule has 9 heavy (non-hydrogen) atoms. The Balaban J connectivity index is 2.36. The standard InChI is InChI=1S/C8H14O/c1-2-4-8(7-9)5-3-6-8/h2,9H,1,3-7H2. The van der Waals surface area contributed by atoms with Crippen LogP contribution < -0.4 is 0 Å². The molecule has 1 aliphatic carbocycles. The molecule has 0 unspecified atom stereocenters. The summed E-state index contributed by atoms with van der Waals surface area (Å²) in [6, 6.07) is 0. The van der Waals surface area contributed by atoms with Gasteiger partial charge in [-0.25, -0.2) is 0 Å². The van der Waals surface area contributed by atoms with Crippen LogP contribution in [0, 0.1) is 5.41 Å². The highest BCUT2D eigenvalue weighted by atomic mass is 16.3. The summed E-state index contributed by atoms with van der Waals surface area (Å²) < 4.78 is 0. The Hall–Kier alpha value is -0.300. The van der Waals surface area contributed by atoms with Crippen molar-refractivity contribution in [3.05, 3.63) is 12.7 Å². The average molecular weight is 126 g/mol. The molecule has 1 saturated carbocycles. The highest BCUT2D eigenvalue weighted by Gasteiger charge is 2.34. The lowest BCUT2D eigenvalue weighted by atomic mass is 9.67. The third kappa shape index (κ3) is 1.16. The minimum absolute atomic E-state index is 0.252. The van der Waals surface area contributed by atoms with E-state index in [-0.39, 0.29) is 5.41 Å². The summed E-state index contributed by atoms with van der Waals surface area (Å²) >= 11 is 0. The highest BCUT2D eigenvalue weighted by Crippen LogP contribution is 2.43. The molecule has 0 atom stereocenters. The van der Waals surface area contributed by atoms with Gasteiger partial charge in [-0.15, -0.1) is 6.58 Å². The van der Waals surface area contributed by atoms with Gasteiger partial charge in [0.1, 0.15) is 0 Å². The van der Waals surface area contributed by atoms with E-state index in [9.17, 15) is 0 Å². The van der Waals surface area contributed by atoms with Crippen LogP contribution in [-0.4, -0.2) is 11.7 Å². The molecule has 0 heterocycles. The fourth-order valence-corrected chi connectivity index (χ4v) is 1.41. The number of aliphatic hydroxyl groups is 1. The Morgan fingerprint density at radius 3 is 2.33 bits per heavy atom. The van der Waals surface area contributed by atoms with E-state index in [2.05, 4.69) is 6.58 Å². The molecule has 0 aromatic rings. The predicted molar refractivity (Wildman–Crippen MR) is 38.2 cm³/mol. The van der Waals surface area contributed by atoms with Crippen molar-refractivity contribution in [3.8, 4) is 0 Å². The molecule has 0 amide bonds. The second-order valence-electron chi connectivity index (χ2n) is 3.00. The third-order valence-electron chi connectivity index (χ3n) is 2.33. The number of hydrogen-bond donors (Lipinski definition) is 1. The van der Waals surface area contributed by atoms with Crippen LogP contribution in [0.25, 0.3) is 0 Å². The molecule has 0 bridgehead atoms. The largest absolute Gasteiger partial charge is 0.396 e. The maximum absolute atomic E-state index is 8.92. The van der Waals surface area contributed by atoms with Crippen molar-refractivity contribution in [3.63, 3.8) is 0 Å². The predicted octanol–water partition coefficient (Wildman–Crippen LogP) is 1.73. The molecule has 0 radical (unpaired) electrons. The van der Waals surface area contributed by atoms with E-state index in [0.717, 1.165) is 6.42 Å². The molecule has 1 rings (SSSR count). The lowest BCUT2D eigenvalue weighted by Crippen LogP contribution is -2.32. The molecule has 0 aromatic carbocycles. The van der Waals surface area contributed by atoms with Gasteiger partial charge in [-0.3, -0.25) is 0 Å². The first-order chi connectivity index (χ1) is 4.33. The van der Waals surface area contributed by atoms with Gasteiger partial charge >= 0.3 is 0 Å². The van der Waals surface area contributed by atoms with Gasteiger partial charge in [-0.05, 0) is 24.7 Å². The normalized spacial score (nSPS) is 22.8. The Kier molecular flexibility index (Phi) is 1.91. The second-order valence-corrected chi connectivity index (χ2v) is 3.00. The Labute approximate surface area is 56.4 Å². The van der Waals surface area contributed by atoms with E-state index in [1.165, 1.54) is 19.3 Å². The van der Waals surface area contributed by atoms with Gasteiger partial charge in [0, 0.05) is 6.61 Å². The zero-order valence-electron chi connectivity index (χ0n) is 5.77. The van der Waals surface area contributed by atoms with E-state index >= 15 is 0 Å². The van der Waals surface area contributed by atoms with Crippen molar-refractivity contribution in [1.82, 2.24) is 0 Å². The van der Waals surface area contributed by atoms with Crippen LogP contribution in [0.4, 0.5) is 0 Å². The monoisotopic (exact) mass is 126 g/mol. The van der Waals surface area contributed by atoms with Gasteiger partial charge in [0.2, 0.25) is 0 Å². The first-order valence-electron chi connectivity index (χ1n) is 3.55. The molecule has 0 aliphatic heterocycles. The topological polar surface area (TPSA) is 20.2 Å². The van der Waals surface area contributed by atoms with E-state index in [0.29, 0.717) is 6.61 Å². The van der Waals surface area contributed by atoms with Gasteiger partial charge in [0.15, 0.2) is 0 Å². The first-order valence-corrected chi connectivity index (χ1v) is 3.55. The Morgan fingerprint density at radius 1 is 1.56 bits per heavy atom. The quantitative estimate of drug-likeness (QED) is 0.571. The lowest BCUT2D eigenvalue weighted by molar-refractivity contribution is 0.0478. The number of hydrogen-bond acceptors (Lipinski definition) is 1. The molecule has 1 fully saturated rings. The summed E-state index contributed by atoms with van der Waals surface area (Å²) in [5.74, 6) is 0. The molecule has 52 valence electrons. The molecule has 0 aromatic heterocycles. The Bertz CT molecular complexity index is 97.6. The van der Waals surface area contributed by atoms with Crippen LogP contribution >= 0.6 is 0 Å². The lowest BCUT2D eigenvalue weighted by Gasteiger charge is -2.39. The summed E-state index contributed by atoms with van der Waals surface area (Å²) in [4.78, 5) is 0. The summed E-state index contributed by atoms with van der Waals surface area (Å²) in [6.07, 6.45) is 6.57. The van der Waals surface area contributed by atoms with Gasteiger partial charge in [0.05, 0.1) is 0 Å². The minimum atomic E-state index is 0.252. The van der Waals surface area contributed by atoms with Gasteiger partial charge in [0.25, 0.3) is 0 Å². The average Bonchev–Trinajstić information content (AvgIpc) is 1.79. The molecule has 1 heteroatoms. The van der Waals surface area contributed by atoms with Crippen LogP contribution in [-0.2, 0) is 0 Å². The van der Waals surface area contributed by atoms with Crippen molar-refractivity contribution in [2.24, 2.45) is 5.41 Å². The van der Waals surface area contributed by atoms with Crippen LogP contribution in [0.15, 0.2) is 12.7 Å². The maximum Gasteiger partial charge on any atom is 0.0490 e. The molecule has 0 spiro atoms. The van der Waals surface area contributed by atoms with Crippen molar-refractivity contribution in [1.29, 1.82) is 0 Å². The second kappa shape index (κ2) is 2.53. The SMILES string of the molecule is C=CCC1(CO)CCC1. The molecule has 1 N–H and O–H groups in total. The van der Waals surface area contributed by atoms with Gasteiger partial charge < -0.3 is 5.11 Å². The van der Waals surface area contributed by atoms with Crippen molar-refractivity contribution in [2.45, 2.75) is 25.7 Å². The minimum Gasteiger partial charge on any atom is -0.396 e. The van der Waals surface area contributed by atoms with E-state index in [4.69, 9.17) is 5.11 Å². The zero-order valence-corrected chi connectivity index (χ0v) is 5.77. The summed E-state index contributed by atoms with van der Waals surface area (Å²) in [6.45, 7) is 4.01.